The number of ether oxygens (including phenoxy) is 1. The van der Waals surface area contributed by atoms with Crippen molar-refractivity contribution < 1.29 is 9.53 Å². The minimum atomic E-state index is 0.0334. The molecule has 1 aromatic rings. The van der Waals surface area contributed by atoms with Crippen molar-refractivity contribution in [2.45, 2.75) is 38.1 Å². The first-order chi connectivity index (χ1) is 12.1. The lowest BCUT2D eigenvalue weighted by molar-refractivity contribution is 0.145. The topological polar surface area (TPSA) is 57.7 Å². The highest BCUT2D eigenvalue weighted by molar-refractivity contribution is 7.09. The highest BCUT2D eigenvalue weighted by Crippen LogP contribution is 2.19. The highest BCUT2D eigenvalue weighted by Gasteiger charge is 2.25. The maximum absolute atomic E-state index is 12.4. The summed E-state index contributed by atoms with van der Waals surface area (Å²) < 4.78 is 5.46. The summed E-state index contributed by atoms with van der Waals surface area (Å²) in [7, 11) is 1.87. The van der Waals surface area contributed by atoms with Gasteiger partial charge in [0.05, 0.1) is 11.6 Å². The quantitative estimate of drug-likeness (QED) is 0.840. The number of rotatable bonds is 6. The molecule has 2 fully saturated rings. The van der Waals surface area contributed by atoms with Crippen LogP contribution in [0.2, 0.25) is 0 Å². The summed E-state index contributed by atoms with van der Waals surface area (Å²) in [5.74, 6) is 0.968. The Morgan fingerprint density at radius 3 is 2.92 bits per heavy atom. The molecule has 6 nitrogen and oxygen atoms in total. The number of aromatic nitrogens is 1. The van der Waals surface area contributed by atoms with Crippen LogP contribution >= 0.6 is 11.3 Å². The number of likely N-dealkylation sites (N-methyl/N-ethyl adjacent to an activating group) is 1. The zero-order valence-electron chi connectivity index (χ0n) is 15.3. The van der Waals surface area contributed by atoms with Gasteiger partial charge < -0.3 is 19.9 Å². The van der Waals surface area contributed by atoms with Gasteiger partial charge in [-0.25, -0.2) is 9.78 Å². The Labute approximate surface area is 154 Å². The van der Waals surface area contributed by atoms with Gasteiger partial charge in [0.25, 0.3) is 0 Å². The summed E-state index contributed by atoms with van der Waals surface area (Å²) in [6.07, 6.45) is 5.09. The predicted octanol–water partition coefficient (Wildman–Crippen LogP) is 2.39. The third kappa shape index (κ3) is 5.39. The number of nitrogens with zero attached hydrogens (tertiary/aromatic N) is 3. The van der Waals surface area contributed by atoms with Crippen LogP contribution in [0.15, 0.2) is 11.6 Å². The summed E-state index contributed by atoms with van der Waals surface area (Å²) in [4.78, 5) is 21.1. The average molecular weight is 367 g/mol. The lowest BCUT2D eigenvalue weighted by Gasteiger charge is -2.34. The molecule has 0 bridgehead atoms. The smallest absolute Gasteiger partial charge is 0.317 e. The van der Waals surface area contributed by atoms with E-state index >= 15 is 0 Å². The molecule has 2 unspecified atom stereocenters. The van der Waals surface area contributed by atoms with Crippen LogP contribution in [0.25, 0.3) is 0 Å². The minimum absolute atomic E-state index is 0.0334. The molecule has 3 heterocycles. The molecule has 0 aromatic carbocycles. The fourth-order valence-corrected chi connectivity index (χ4v) is 4.38. The van der Waals surface area contributed by atoms with Crippen LogP contribution in [0.5, 0.6) is 0 Å². The second-order valence-corrected chi connectivity index (χ2v) is 8.33. The SMILES string of the molecule is CC(CN(C)C(=O)NC1CCN(CC2CCOC2)CC1)c1nccs1. The first-order valence-corrected chi connectivity index (χ1v) is 10.2. The molecule has 0 spiro atoms. The molecule has 2 aliphatic heterocycles. The minimum Gasteiger partial charge on any atom is -0.381 e. The molecule has 140 valence electrons. The van der Waals surface area contributed by atoms with Gasteiger partial charge in [-0.2, -0.15) is 0 Å². The molecule has 2 aliphatic rings. The number of thiazole rings is 1. The van der Waals surface area contributed by atoms with E-state index in [0.29, 0.717) is 18.5 Å². The molecular formula is C18H30N4O2S. The van der Waals surface area contributed by atoms with Crippen molar-refractivity contribution in [1.29, 1.82) is 0 Å². The van der Waals surface area contributed by atoms with E-state index in [4.69, 9.17) is 4.74 Å². The standard InChI is InChI=1S/C18H30N4O2S/c1-14(17-19-6-10-25-17)11-21(2)18(23)20-16-3-7-22(8-4-16)12-15-5-9-24-13-15/h6,10,14-16H,3-5,7-9,11-13H2,1-2H3,(H,20,23). The van der Waals surface area contributed by atoms with E-state index in [-0.39, 0.29) is 11.9 Å². The van der Waals surface area contributed by atoms with E-state index in [2.05, 4.69) is 22.1 Å². The van der Waals surface area contributed by atoms with Crippen LogP contribution in [0.1, 0.15) is 37.1 Å². The third-order valence-electron chi connectivity index (χ3n) is 5.22. The van der Waals surface area contributed by atoms with Gasteiger partial charge in [-0.15, -0.1) is 11.3 Å². The van der Waals surface area contributed by atoms with E-state index in [1.165, 1.54) is 6.42 Å². The van der Waals surface area contributed by atoms with Gasteiger partial charge >= 0.3 is 6.03 Å². The Balaban J connectivity index is 1.36. The number of hydrogen-bond acceptors (Lipinski definition) is 5. The molecule has 1 N–H and O–H groups in total. The zero-order chi connectivity index (χ0) is 17.6. The van der Waals surface area contributed by atoms with Crippen molar-refractivity contribution in [3.05, 3.63) is 16.6 Å². The second-order valence-electron chi connectivity index (χ2n) is 7.41. The van der Waals surface area contributed by atoms with Crippen molar-refractivity contribution in [3.8, 4) is 0 Å². The number of hydrogen-bond donors (Lipinski definition) is 1. The highest BCUT2D eigenvalue weighted by atomic mass is 32.1. The van der Waals surface area contributed by atoms with Crippen LogP contribution in [0.4, 0.5) is 4.79 Å². The summed E-state index contributed by atoms with van der Waals surface area (Å²) >= 11 is 1.65. The number of carbonyl (C=O) groups is 1. The van der Waals surface area contributed by atoms with Crippen LogP contribution in [0, 0.1) is 5.92 Å². The Morgan fingerprint density at radius 1 is 1.48 bits per heavy atom. The lowest BCUT2D eigenvalue weighted by atomic mass is 10.0. The molecule has 7 heteroatoms. The number of amides is 2. The molecule has 0 saturated carbocycles. The van der Waals surface area contributed by atoms with Crippen molar-refractivity contribution in [2.24, 2.45) is 5.92 Å². The third-order valence-corrected chi connectivity index (χ3v) is 6.23. The maximum atomic E-state index is 12.4. The molecule has 0 aliphatic carbocycles. The van der Waals surface area contributed by atoms with Crippen LogP contribution in [0.3, 0.4) is 0 Å². The van der Waals surface area contributed by atoms with Crippen LogP contribution in [-0.4, -0.2) is 73.3 Å². The molecular weight excluding hydrogens is 336 g/mol. The number of carbonyl (C=O) groups excluding carboxylic acids is 1. The van der Waals surface area contributed by atoms with E-state index in [0.717, 1.165) is 50.7 Å². The lowest BCUT2D eigenvalue weighted by Crippen LogP contribution is -2.49. The van der Waals surface area contributed by atoms with Gasteiger partial charge in [0.2, 0.25) is 0 Å². The summed E-state index contributed by atoms with van der Waals surface area (Å²) in [6.45, 7) is 7.93. The molecule has 2 atom stereocenters. The van der Waals surface area contributed by atoms with E-state index < -0.39 is 0 Å². The number of urea groups is 1. The van der Waals surface area contributed by atoms with Crippen molar-refractivity contribution in [1.82, 2.24) is 20.1 Å². The normalized spacial score (nSPS) is 23.5. The van der Waals surface area contributed by atoms with E-state index in [9.17, 15) is 4.79 Å². The Hall–Kier alpha value is -1.18. The van der Waals surface area contributed by atoms with Crippen molar-refractivity contribution in [3.63, 3.8) is 0 Å². The fraction of sp³-hybridized carbons (Fsp3) is 0.778. The average Bonchev–Trinajstić information content (AvgIpc) is 3.30. The summed E-state index contributed by atoms with van der Waals surface area (Å²) in [5, 5.41) is 6.27. The number of likely N-dealkylation sites (tertiary alicyclic amines) is 1. The maximum Gasteiger partial charge on any atom is 0.317 e. The number of piperidine rings is 1. The Morgan fingerprint density at radius 2 is 2.28 bits per heavy atom. The predicted molar refractivity (Wildman–Crippen MR) is 100 cm³/mol. The molecule has 2 saturated heterocycles. The van der Waals surface area contributed by atoms with Gasteiger partial charge in [-0.05, 0) is 25.2 Å². The first-order valence-electron chi connectivity index (χ1n) is 9.33. The number of nitrogens with one attached hydrogen (secondary N) is 1. The molecule has 2 amide bonds. The van der Waals surface area contributed by atoms with Gasteiger partial charge in [0.1, 0.15) is 0 Å². The molecule has 3 rings (SSSR count). The van der Waals surface area contributed by atoms with E-state index in [1.807, 2.05) is 18.6 Å². The van der Waals surface area contributed by atoms with Gasteiger partial charge in [0, 0.05) is 63.4 Å². The van der Waals surface area contributed by atoms with Gasteiger partial charge in [0.15, 0.2) is 0 Å². The second kappa shape index (κ2) is 8.96. The molecule has 25 heavy (non-hydrogen) atoms. The Bertz CT molecular complexity index is 525. The van der Waals surface area contributed by atoms with Crippen molar-refractivity contribution >= 4 is 17.4 Å². The van der Waals surface area contributed by atoms with Crippen LogP contribution < -0.4 is 5.32 Å². The van der Waals surface area contributed by atoms with Gasteiger partial charge in [-0.3, -0.25) is 0 Å². The Kier molecular flexibility index (Phi) is 6.67. The largest absolute Gasteiger partial charge is 0.381 e. The van der Waals surface area contributed by atoms with Crippen LogP contribution in [-0.2, 0) is 4.74 Å². The summed E-state index contributed by atoms with van der Waals surface area (Å²) in [6, 6.07) is 0.326. The molecule has 0 radical (unpaired) electrons. The monoisotopic (exact) mass is 366 g/mol. The molecule has 1 aromatic heterocycles. The fourth-order valence-electron chi connectivity index (χ4n) is 3.69. The van der Waals surface area contributed by atoms with Gasteiger partial charge in [-0.1, -0.05) is 6.92 Å². The first kappa shape index (κ1) is 18.6. The van der Waals surface area contributed by atoms with Crippen molar-refractivity contribution in [2.75, 3.05) is 46.4 Å². The van der Waals surface area contributed by atoms with E-state index in [1.54, 1.807) is 16.2 Å². The summed E-state index contributed by atoms with van der Waals surface area (Å²) in [5.41, 5.74) is 0. The zero-order valence-corrected chi connectivity index (χ0v) is 16.1.